The first kappa shape index (κ1) is 20.3. The molecular formula is C23H26N4O3. The second kappa shape index (κ2) is 9.65. The van der Waals surface area contributed by atoms with E-state index >= 15 is 0 Å². The van der Waals surface area contributed by atoms with E-state index in [0.29, 0.717) is 18.9 Å². The van der Waals surface area contributed by atoms with Crippen molar-refractivity contribution in [1.29, 1.82) is 0 Å². The summed E-state index contributed by atoms with van der Waals surface area (Å²) >= 11 is 0. The number of nitrogens with zero attached hydrogens (tertiary/aromatic N) is 3. The third kappa shape index (κ3) is 5.11. The monoisotopic (exact) mass is 406 g/mol. The van der Waals surface area contributed by atoms with Gasteiger partial charge in [-0.05, 0) is 42.8 Å². The fourth-order valence-electron chi connectivity index (χ4n) is 3.77. The zero-order valence-corrected chi connectivity index (χ0v) is 17.1. The number of rotatable bonds is 8. The lowest BCUT2D eigenvalue weighted by Gasteiger charge is -2.17. The van der Waals surface area contributed by atoms with Crippen molar-refractivity contribution in [3.8, 4) is 17.0 Å². The van der Waals surface area contributed by atoms with Gasteiger partial charge in [0.05, 0.1) is 12.3 Å². The van der Waals surface area contributed by atoms with Gasteiger partial charge in [-0.1, -0.05) is 12.1 Å². The number of hydrogen-bond donors (Lipinski definition) is 1. The molecule has 1 unspecified atom stereocenters. The third-order valence-electron chi connectivity index (χ3n) is 5.24. The molecule has 0 bridgehead atoms. The minimum atomic E-state index is -0.127. The Morgan fingerprint density at radius 2 is 2.13 bits per heavy atom. The van der Waals surface area contributed by atoms with E-state index < -0.39 is 0 Å². The Bertz CT molecular complexity index is 1020. The summed E-state index contributed by atoms with van der Waals surface area (Å²) in [6.45, 7) is 3.76. The molecule has 1 aromatic carbocycles. The van der Waals surface area contributed by atoms with Crippen LogP contribution in [0.2, 0.25) is 0 Å². The molecule has 2 aromatic heterocycles. The smallest absolute Gasteiger partial charge is 0.251 e. The number of nitrogens with one attached hydrogen (secondary N) is 1. The molecule has 1 aliphatic heterocycles. The topological polar surface area (TPSA) is 80.3 Å². The van der Waals surface area contributed by atoms with E-state index in [-0.39, 0.29) is 11.5 Å². The number of methoxy groups -OCH3 is 1. The second-order valence-corrected chi connectivity index (χ2v) is 7.47. The lowest BCUT2D eigenvalue weighted by atomic mass is 10.1. The molecular weight excluding hydrogens is 380 g/mol. The average Bonchev–Trinajstić information content (AvgIpc) is 3.23. The van der Waals surface area contributed by atoms with Gasteiger partial charge in [0.15, 0.2) is 0 Å². The van der Waals surface area contributed by atoms with Gasteiger partial charge in [0, 0.05) is 50.1 Å². The van der Waals surface area contributed by atoms with Crippen molar-refractivity contribution in [1.82, 2.24) is 19.9 Å². The molecule has 7 heteroatoms. The summed E-state index contributed by atoms with van der Waals surface area (Å²) in [5.74, 6) is 1.81. The molecule has 1 atom stereocenters. The molecule has 1 aliphatic rings. The molecule has 0 radical (unpaired) electrons. The van der Waals surface area contributed by atoms with Crippen molar-refractivity contribution < 1.29 is 9.47 Å². The van der Waals surface area contributed by atoms with Crippen LogP contribution >= 0.6 is 0 Å². The SMILES string of the molecule is COCCOc1cccc(CN2CCC(c3nc(-c4cccnc4)cc(=O)[nH]3)C2)c1. The highest BCUT2D eigenvalue weighted by molar-refractivity contribution is 5.56. The van der Waals surface area contributed by atoms with Gasteiger partial charge < -0.3 is 14.5 Å². The van der Waals surface area contributed by atoms with Crippen molar-refractivity contribution in [3.63, 3.8) is 0 Å². The van der Waals surface area contributed by atoms with E-state index in [1.165, 1.54) is 11.6 Å². The van der Waals surface area contributed by atoms with Gasteiger partial charge in [0.2, 0.25) is 0 Å². The van der Waals surface area contributed by atoms with E-state index in [4.69, 9.17) is 14.5 Å². The Kier molecular flexibility index (Phi) is 6.51. The Hall–Kier alpha value is -3.03. The van der Waals surface area contributed by atoms with Crippen molar-refractivity contribution in [2.45, 2.75) is 18.9 Å². The van der Waals surface area contributed by atoms with Crippen molar-refractivity contribution in [2.24, 2.45) is 0 Å². The average molecular weight is 406 g/mol. The van der Waals surface area contributed by atoms with Crippen LogP contribution in [0.4, 0.5) is 0 Å². The largest absolute Gasteiger partial charge is 0.491 e. The molecule has 1 fully saturated rings. The number of aromatic amines is 1. The first-order valence-electron chi connectivity index (χ1n) is 10.2. The fraction of sp³-hybridized carbons (Fsp3) is 0.348. The highest BCUT2D eigenvalue weighted by Crippen LogP contribution is 2.27. The fourth-order valence-corrected chi connectivity index (χ4v) is 3.77. The van der Waals surface area contributed by atoms with Crippen molar-refractivity contribution in [2.75, 3.05) is 33.4 Å². The van der Waals surface area contributed by atoms with Crippen LogP contribution < -0.4 is 10.3 Å². The summed E-state index contributed by atoms with van der Waals surface area (Å²) in [5.41, 5.74) is 2.60. The van der Waals surface area contributed by atoms with Gasteiger partial charge in [-0.15, -0.1) is 0 Å². The van der Waals surface area contributed by atoms with E-state index in [9.17, 15) is 4.79 Å². The highest BCUT2D eigenvalue weighted by Gasteiger charge is 2.26. The summed E-state index contributed by atoms with van der Waals surface area (Å²) in [6, 6.07) is 13.5. The molecule has 3 heterocycles. The predicted octanol–water partition coefficient (Wildman–Crippen LogP) is 2.85. The van der Waals surface area contributed by atoms with E-state index in [2.05, 4.69) is 27.0 Å². The first-order chi connectivity index (χ1) is 14.7. The van der Waals surface area contributed by atoms with Crippen LogP contribution in [0.15, 0.2) is 59.7 Å². The zero-order chi connectivity index (χ0) is 20.8. The van der Waals surface area contributed by atoms with Crippen LogP contribution in [0.25, 0.3) is 11.3 Å². The van der Waals surface area contributed by atoms with Crippen LogP contribution in [0.3, 0.4) is 0 Å². The number of pyridine rings is 1. The number of benzene rings is 1. The molecule has 0 amide bonds. The summed E-state index contributed by atoms with van der Waals surface area (Å²) in [7, 11) is 1.66. The van der Waals surface area contributed by atoms with Crippen molar-refractivity contribution >= 4 is 0 Å². The Labute approximate surface area is 175 Å². The number of H-pyrrole nitrogens is 1. The van der Waals surface area contributed by atoms with Crippen LogP contribution in [-0.4, -0.2) is 53.3 Å². The number of likely N-dealkylation sites (tertiary alicyclic amines) is 1. The van der Waals surface area contributed by atoms with Crippen LogP contribution in [-0.2, 0) is 11.3 Å². The van der Waals surface area contributed by atoms with Gasteiger partial charge in [0.25, 0.3) is 5.56 Å². The molecule has 1 saturated heterocycles. The maximum Gasteiger partial charge on any atom is 0.251 e. The van der Waals surface area contributed by atoms with Gasteiger partial charge in [-0.25, -0.2) is 4.98 Å². The number of aromatic nitrogens is 3. The van der Waals surface area contributed by atoms with Crippen LogP contribution in [0.5, 0.6) is 5.75 Å². The van der Waals surface area contributed by atoms with Gasteiger partial charge in [-0.2, -0.15) is 0 Å². The maximum absolute atomic E-state index is 12.2. The molecule has 156 valence electrons. The number of hydrogen-bond acceptors (Lipinski definition) is 6. The minimum Gasteiger partial charge on any atom is -0.491 e. The van der Waals surface area contributed by atoms with E-state index in [1.54, 1.807) is 19.5 Å². The number of ether oxygens (including phenoxy) is 2. The molecule has 3 aromatic rings. The van der Waals surface area contributed by atoms with Crippen LogP contribution in [0.1, 0.15) is 23.7 Å². The zero-order valence-electron chi connectivity index (χ0n) is 17.1. The summed E-state index contributed by atoms with van der Waals surface area (Å²) in [4.78, 5) is 26.4. The van der Waals surface area contributed by atoms with Gasteiger partial charge in [0.1, 0.15) is 18.2 Å². The van der Waals surface area contributed by atoms with Crippen molar-refractivity contribution in [3.05, 3.63) is 76.6 Å². The predicted molar refractivity (Wildman–Crippen MR) is 115 cm³/mol. The summed E-state index contributed by atoms with van der Waals surface area (Å²) < 4.78 is 10.7. The molecule has 7 nitrogen and oxygen atoms in total. The molecule has 4 rings (SSSR count). The lowest BCUT2D eigenvalue weighted by Crippen LogP contribution is -2.21. The van der Waals surface area contributed by atoms with Gasteiger partial charge >= 0.3 is 0 Å². The molecule has 0 aliphatic carbocycles. The summed E-state index contributed by atoms with van der Waals surface area (Å²) in [5, 5.41) is 0. The standard InChI is InChI=1S/C23H26N4O3/c1-29-10-11-30-20-6-2-4-17(12-20)15-27-9-7-19(16-27)23-25-21(13-22(28)26-23)18-5-3-8-24-14-18/h2-6,8,12-14,19H,7,9-11,15-16H2,1H3,(H,25,26,28). The molecule has 0 saturated carbocycles. The molecule has 1 N–H and O–H groups in total. The third-order valence-corrected chi connectivity index (χ3v) is 5.24. The Balaban J connectivity index is 1.42. The van der Waals surface area contributed by atoms with Crippen LogP contribution in [0, 0.1) is 0 Å². The first-order valence-corrected chi connectivity index (χ1v) is 10.2. The summed E-state index contributed by atoms with van der Waals surface area (Å²) in [6.07, 6.45) is 4.40. The molecule has 30 heavy (non-hydrogen) atoms. The minimum absolute atomic E-state index is 0.127. The second-order valence-electron chi connectivity index (χ2n) is 7.47. The normalized spacial score (nSPS) is 16.6. The van der Waals surface area contributed by atoms with Gasteiger partial charge in [-0.3, -0.25) is 14.7 Å². The maximum atomic E-state index is 12.2. The Morgan fingerprint density at radius 3 is 2.97 bits per heavy atom. The highest BCUT2D eigenvalue weighted by atomic mass is 16.5. The van der Waals surface area contributed by atoms with E-state index in [1.807, 2.05) is 24.3 Å². The Morgan fingerprint density at radius 1 is 1.20 bits per heavy atom. The van der Waals surface area contributed by atoms with E-state index in [0.717, 1.165) is 43.2 Å². The molecule has 0 spiro atoms. The lowest BCUT2D eigenvalue weighted by molar-refractivity contribution is 0.146. The quantitative estimate of drug-likeness (QED) is 0.580.